The average Bonchev–Trinajstić information content (AvgIpc) is 3.09. The first-order chi connectivity index (χ1) is 9.63. The number of carbonyl (C=O) groups is 1. The minimum absolute atomic E-state index is 0.0558. The summed E-state index contributed by atoms with van der Waals surface area (Å²) in [6.45, 7) is 4.45. The zero-order valence-corrected chi connectivity index (χ0v) is 12.3. The summed E-state index contributed by atoms with van der Waals surface area (Å²) in [6, 6.07) is -0.0558. The molecule has 1 saturated heterocycles. The average molecular weight is 292 g/mol. The normalized spacial score (nSPS) is 18.7. The van der Waals surface area contributed by atoms with Crippen LogP contribution in [0.15, 0.2) is 9.90 Å². The van der Waals surface area contributed by atoms with Crippen LogP contribution < -0.4 is 0 Å². The summed E-state index contributed by atoms with van der Waals surface area (Å²) >= 11 is 1.57. The standard InChI is InChI=1S/C13H16N4O2S/c1-8-14-13(16-19-8)11-4-3-5-17(11)12(18)6-10-7-20-9(2)15-10/h7,11H,3-6H2,1-2H3/t11-/m1/s1. The van der Waals surface area contributed by atoms with Crippen LogP contribution in [0.25, 0.3) is 0 Å². The molecule has 0 aromatic carbocycles. The van der Waals surface area contributed by atoms with Crippen molar-refractivity contribution in [1.29, 1.82) is 0 Å². The van der Waals surface area contributed by atoms with Crippen molar-refractivity contribution in [2.75, 3.05) is 6.54 Å². The third kappa shape index (κ3) is 2.58. The summed E-state index contributed by atoms with van der Waals surface area (Å²) in [5.41, 5.74) is 0.840. The molecule has 0 aliphatic carbocycles. The van der Waals surface area contributed by atoms with Gasteiger partial charge < -0.3 is 9.42 Å². The molecule has 0 saturated carbocycles. The molecule has 0 radical (unpaired) electrons. The molecule has 0 bridgehead atoms. The Morgan fingerprint density at radius 2 is 2.35 bits per heavy atom. The van der Waals surface area contributed by atoms with E-state index < -0.39 is 0 Å². The van der Waals surface area contributed by atoms with E-state index in [1.165, 1.54) is 0 Å². The summed E-state index contributed by atoms with van der Waals surface area (Å²) in [5, 5.41) is 6.87. The van der Waals surface area contributed by atoms with Gasteiger partial charge in [0.1, 0.15) is 0 Å². The maximum Gasteiger partial charge on any atom is 0.229 e. The topological polar surface area (TPSA) is 72.1 Å². The number of nitrogens with zero attached hydrogens (tertiary/aromatic N) is 4. The van der Waals surface area contributed by atoms with Gasteiger partial charge in [-0.05, 0) is 19.8 Å². The fourth-order valence-electron chi connectivity index (χ4n) is 2.53. The molecule has 106 valence electrons. The van der Waals surface area contributed by atoms with Crippen LogP contribution in [-0.2, 0) is 11.2 Å². The van der Waals surface area contributed by atoms with Gasteiger partial charge in [-0.15, -0.1) is 11.3 Å². The zero-order chi connectivity index (χ0) is 14.1. The van der Waals surface area contributed by atoms with Gasteiger partial charge in [-0.1, -0.05) is 5.16 Å². The van der Waals surface area contributed by atoms with Crippen molar-refractivity contribution in [2.24, 2.45) is 0 Å². The molecule has 3 rings (SSSR count). The van der Waals surface area contributed by atoms with Crippen LogP contribution in [0.1, 0.15) is 41.3 Å². The van der Waals surface area contributed by atoms with E-state index in [2.05, 4.69) is 15.1 Å². The third-order valence-corrected chi connectivity index (χ3v) is 4.24. The molecule has 0 spiro atoms. The van der Waals surface area contributed by atoms with E-state index >= 15 is 0 Å². The van der Waals surface area contributed by atoms with Gasteiger partial charge in [0.2, 0.25) is 11.8 Å². The highest BCUT2D eigenvalue weighted by atomic mass is 32.1. The van der Waals surface area contributed by atoms with Crippen molar-refractivity contribution in [2.45, 2.75) is 39.2 Å². The zero-order valence-electron chi connectivity index (χ0n) is 11.5. The predicted molar refractivity (Wildman–Crippen MR) is 73.3 cm³/mol. The molecule has 0 N–H and O–H groups in total. The molecule has 2 aromatic heterocycles. The van der Waals surface area contributed by atoms with Gasteiger partial charge in [0.25, 0.3) is 0 Å². The second-order valence-corrected chi connectivity index (χ2v) is 6.01. The van der Waals surface area contributed by atoms with Crippen molar-refractivity contribution in [1.82, 2.24) is 20.0 Å². The lowest BCUT2D eigenvalue weighted by atomic mass is 10.2. The second kappa shape index (κ2) is 5.32. The van der Waals surface area contributed by atoms with E-state index in [0.29, 0.717) is 18.1 Å². The van der Waals surface area contributed by atoms with E-state index in [4.69, 9.17) is 4.52 Å². The summed E-state index contributed by atoms with van der Waals surface area (Å²) in [5.74, 6) is 1.23. The Labute approximate surface area is 120 Å². The Bertz CT molecular complexity index is 621. The molecule has 2 aromatic rings. The Morgan fingerprint density at radius 3 is 3.00 bits per heavy atom. The Kier molecular flexibility index (Phi) is 3.52. The van der Waals surface area contributed by atoms with Gasteiger partial charge in [-0.3, -0.25) is 4.79 Å². The quantitative estimate of drug-likeness (QED) is 0.865. The maximum atomic E-state index is 12.4. The predicted octanol–water partition coefficient (Wildman–Crippen LogP) is 2.05. The second-order valence-electron chi connectivity index (χ2n) is 4.95. The number of carbonyl (C=O) groups excluding carboxylic acids is 1. The Balaban J connectivity index is 1.73. The number of aryl methyl sites for hydroxylation is 2. The van der Waals surface area contributed by atoms with Gasteiger partial charge >= 0.3 is 0 Å². The van der Waals surface area contributed by atoms with Crippen molar-refractivity contribution >= 4 is 17.2 Å². The minimum Gasteiger partial charge on any atom is -0.340 e. The molecule has 3 heterocycles. The molecule has 1 aliphatic heterocycles. The highest BCUT2D eigenvalue weighted by molar-refractivity contribution is 7.09. The number of hydrogen-bond donors (Lipinski definition) is 0. The smallest absolute Gasteiger partial charge is 0.229 e. The van der Waals surface area contributed by atoms with Crippen LogP contribution in [-0.4, -0.2) is 32.5 Å². The number of likely N-dealkylation sites (tertiary alicyclic amines) is 1. The molecule has 7 heteroatoms. The van der Waals surface area contributed by atoms with E-state index in [1.807, 2.05) is 17.2 Å². The molecule has 1 atom stereocenters. The SMILES string of the molecule is Cc1nc([C@H]2CCCN2C(=O)Cc2csc(C)n2)no1. The van der Waals surface area contributed by atoms with Crippen LogP contribution in [0, 0.1) is 13.8 Å². The number of thiazole rings is 1. The summed E-state index contributed by atoms with van der Waals surface area (Å²) in [7, 11) is 0. The lowest BCUT2D eigenvalue weighted by molar-refractivity contribution is -0.131. The monoisotopic (exact) mass is 292 g/mol. The van der Waals surface area contributed by atoms with E-state index in [9.17, 15) is 4.79 Å². The third-order valence-electron chi connectivity index (χ3n) is 3.41. The first-order valence-corrected chi connectivity index (χ1v) is 7.52. The summed E-state index contributed by atoms with van der Waals surface area (Å²) in [4.78, 5) is 22.9. The molecule has 1 amide bonds. The number of rotatable bonds is 3. The largest absolute Gasteiger partial charge is 0.340 e. The first kappa shape index (κ1) is 13.2. The van der Waals surface area contributed by atoms with Crippen LogP contribution >= 0.6 is 11.3 Å². The van der Waals surface area contributed by atoms with E-state index in [1.54, 1.807) is 18.3 Å². The molecule has 1 aliphatic rings. The van der Waals surface area contributed by atoms with Gasteiger partial charge in [-0.2, -0.15) is 4.98 Å². The highest BCUT2D eigenvalue weighted by Gasteiger charge is 2.33. The van der Waals surface area contributed by atoms with Crippen LogP contribution in [0.5, 0.6) is 0 Å². The minimum atomic E-state index is -0.0558. The van der Waals surface area contributed by atoms with Crippen molar-refractivity contribution in [3.05, 3.63) is 27.8 Å². The molecule has 1 fully saturated rings. The van der Waals surface area contributed by atoms with Crippen molar-refractivity contribution in [3.63, 3.8) is 0 Å². The van der Waals surface area contributed by atoms with E-state index in [-0.39, 0.29) is 11.9 Å². The number of amides is 1. The number of hydrogen-bond acceptors (Lipinski definition) is 6. The number of aromatic nitrogens is 3. The van der Waals surface area contributed by atoms with Gasteiger partial charge in [0, 0.05) is 18.8 Å². The van der Waals surface area contributed by atoms with Gasteiger partial charge in [0.15, 0.2) is 5.82 Å². The molecule has 6 nitrogen and oxygen atoms in total. The molecule has 0 unspecified atom stereocenters. The van der Waals surface area contributed by atoms with Gasteiger partial charge in [0.05, 0.1) is 23.2 Å². The highest BCUT2D eigenvalue weighted by Crippen LogP contribution is 2.30. The van der Waals surface area contributed by atoms with E-state index in [0.717, 1.165) is 30.1 Å². The van der Waals surface area contributed by atoms with Crippen molar-refractivity contribution < 1.29 is 9.32 Å². The Hall–Kier alpha value is -1.76. The lowest BCUT2D eigenvalue weighted by Gasteiger charge is -2.21. The maximum absolute atomic E-state index is 12.4. The van der Waals surface area contributed by atoms with Crippen LogP contribution in [0.3, 0.4) is 0 Å². The fourth-order valence-corrected chi connectivity index (χ4v) is 3.14. The van der Waals surface area contributed by atoms with Crippen LogP contribution in [0.4, 0.5) is 0 Å². The molecule has 20 heavy (non-hydrogen) atoms. The molecular weight excluding hydrogens is 276 g/mol. The van der Waals surface area contributed by atoms with Crippen LogP contribution in [0.2, 0.25) is 0 Å². The fraction of sp³-hybridized carbons (Fsp3) is 0.538. The lowest BCUT2D eigenvalue weighted by Crippen LogP contribution is -2.32. The summed E-state index contributed by atoms with van der Waals surface area (Å²) in [6.07, 6.45) is 2.21. The Morgan fingerprint density at radius 1 is 1.50 bits per heavy atom. The van der Waals surface area contributed by atoms with Gasteiger partial charge in [-0.25, -0.2) is 4.98 Å². The summed E-state index contributed by atoms with van der Waals surface area (Å²) < 4.78 is 5.02. The molecular formula is C13H16N4O2S. The first-order valence-electron chi connectivity index (χ1n) is 6.64. The van der Waals surface area contributed by atoms with Crippen molar-refractivity contribution in [3.8, 4) is 0 Å².